The van der Waals surface area contributed by atoms with Crippen molar-refractivity contribution in [3.63, 3.8) is 0 Å². The normalized spacial score (nSPS) is 12.0. The molecule has 0 saturated carbocycles. The standard InChI is InChI=1S/C11H8F2I2O4/c12-11(13,10(17)18)19-3-1-2-6-4-7(14)9(16)8(15)5-6/h1-2,4-5,16H,3H2,(H,17,18)/p-1/b2-1+. The summed E-state index contributed by atoms with van der Waals surface area (Å²) in [6, 6.07) is 3.29. The Balaban J connectivity index is 2.66. The molecule has 4 nitrogen and oxygen atoms in total. The first-order valence-electron chi connectivity index (χ1n) is 4.82. The fourth-order valence-electron chi connectivity index (χ4n) is 1.08. The number of aliphatic carboxylic acids is 1. The lowest BCUT2D eigenvalue weighted by Gasteiger charge is -2.15. The van der Waals surface area contributed by atoms with Gasteiger partial charge in [-0.25, -0.2) is 0 Å². The number of halogens is 4. The molecule has 1 rings (SSSR count). The molecule has 0 spiro atoms. The van der Waals surface area contributed by atoms with Gasteiger partial charge in [0.15, 0.2) is 0 Å². The molecule has 0 aromatic heterocycles. The van der Waals surface area contributed by atoms with E-state index in [4.69, 9.17) is 0 Å². The van der Waals surface area contributed by atoms with Gasteiger partial charge in [0.1, 0.15) is 11.7 Å². The Kier molecular flexibility index (Phi) is 5.92. The average Bonchev–Trinajstić information content (AvgIpc) is 2.31. The second-order valence-electron chi connectivity index (χ2n) is 3.35. The molecule has 1 N–H and O–H groups in total. The Bertz CT molecular complexity index is 494. The van der Waals surface area contributed by atoms with Crippen molar-refractivity contribution in [1.82, 2.24) is 0 Å². The summed E-state index contributed by atoms with van der Waals surface area (Å²) in [5.74, 6) is -2.42. The summed E-state index contributed by atoms with van der Waals surface area (Å²) in [6.07, 6.45) is -1.58. The lowest BCUT2D eigenvalue weighted by Crippen LogP contribution is -2.43. The maximum absolute atomic E-state index is 12.5. The molecule has 0 unspecified atom stereocenters. The van der Waals surface area contributed by atoms with Crippen LogP contribution >= 0.6 is 45.2 Å². The SMILES string of the molecule is O=C([O-])C(F)(F)OC/C=C/c1cc(I)c(O)c(I)c1. The van der Waals surface area contributed by atoms with E-state index in [1.807, 2.05) is 45.2 Å². The number of benzene rings is 1. The third-order valence-electron chi connectivity index (χ3n) is 1.95. The van der Waals surface area contributed by atoms with Gasteiger partial charge in [-0.05, 0) is 62.9 Å². The number of hydrogen-bond acceptors (Lipinski definition) is 4. The molecule has 0 saturated heterocycles. The Morgan fingerprint density at radius 2 is 1.95 bits per heavy atom. The molecule has 104 valence electrons. The van der Waals surface area contributed by atoms with Gasteiger partial charge in [0.05, 0.1) is 13.7 Å². The quantitative estimate of drug-likeness (QED) is 0.635. The van der Waals surface area contributed by atoms with Crippen LogP contribution in [0.4, 0.5) is 8.78 Å². The molecule has 0 atom stereocenters. The van der Waals surface area contributed by atoms with Gasteiger partial charge in [-0.1, -0.05) is 12.2 Å². The molecule has 1 aromatic rings. The van der Waals surface area contributed by atoms with Crippen LogP contribution in [0.15, 0.2) is 18.2 Å². The Hall–Kier alpha value is -0.490. The molecule has 0 aliphatic heterocycles. The van der Waals surface area contributed by atoms with Crippen LogP contribution in [0.1, 0.15) is 5.56 Å². The summed E-state index contributed by atoms with van der Waals surface area (Å²) in [5.41, 5.74) is 0.673. The number of aromatic hydroxyl groups is 1. The van der Waals surface area contributed by atoms with Gasteiger partial charge in [0.25, 0.3) is 0 Å². The molecule has 0 fully saturated rings. The molecule has 19 heavy (non-hydrogen) atoms. The summed E-state index contributed by atoms with van der Waals surface area (Å²) in [4.78, 5) is 9.97. The lowest BCUT2D eigenvalue weighted by atomic mass is 10.2. The van der Waals surface area contributed by atoms with Crippen LogP contribution in [0.25, 0.3) is 6.08 Å². The molecule has 1 aromatic carbocycles. The smallest absolute Gasteiger partial charge is 0.397 e. The van der Waals surface area contributed by atoms with Crippen molar-refractivity contribution in [2.45, 2.75) is 6.11 Å². The number of phenols is 1. The third-order valence-corrected chi connectivity index (χ3v) is 3.59. The highest BCUT2D eigenvalue weighted by atomic mass is 127. The van der Waals surface area contributed by atoms with Gasteiger partial charge in [0.2, 0.25) is 0 Å². The van der Waals surface area contributed by atoms with E-state index >= 15 is 0 Å². The van der Waals surface area contributed by atoms with Crippen molar-refractivity contribution in [3.8, 4) is 5.75 Å². The first-order valence-corrected chi connectivity index (χ1v) is 6.97. The summed E-state index contributed by atoms with van der Waals surface area (Å²) >= 11 is 3.86. The third kappa shape index (κ3) is 4.84. The van der Waals surface area contributed by atoms with E-state index in [9.17, 15) is 23.8 Å². The predicted molar refractivity (Wildman–Crippen MR) is 78.5 cm³/mol. The van der Waals surface area contributed by atoms with Crippen LogP contribution in [0, 0.1) is 7.14 Å². The minimum atomic E-state index is -4.30. The minimum Gasteiger partial charge on any atom is -0.542 e. The first kappa shape index (κ1) is 16.6. The average molecular weight is 495 g/mol. The zero-order chi connectivity index (χ0) is 14.6. The van der Waals surface area contributed by atoms with Crippen LogP contribution in [0.5, 0.6) is 5.75 Å². The van der Waals surface area contributed by atoms with Gasteiger partial charge in [-0.15, -0.1) is 0 Å². The van der Waals surface area contributed by atoms with Crippen molar-refractivity contribution in [2.24, 2.45) is 0 Å². The summed E-state index contributed by atoms with van der Waals surface area (Å²) in [6.45, 7) is -0.574. The topological polar surface area (TPSA) is 69.6 Å². The summed E-state index contributed by atoms with van der Waals surface area (Å²) in [7, 11) is 0. The van der Waals surface area contributed by atoms with Crippen molar-refractivity contribution < 1.29 is 28.5 Å². The van der Waals surface area contributed by atoms with Crippen LogP contribution in [-0.4, -0.2) is 23.8 Å². The van der Waals surface area contributed by atoms with Crippen molar-refractivity contribution in [1.29, 1.82) is 0 Å². The van der Waals surface area contributed by atoms with E-state index in [0.717, 1.165) is 0 Å². The van der Waals surface area contributed by atoms with Crippen LogP contribution in [0.3, 0.4) is 0 Å². The Morgan fingerprint density at radius 3 is 2.42 bits per heavy atom. The largest absolute Gasteiger partial charge is 0.542 e. The van der Waals surface area contributed by atoms with E-state index in [1.165, 1.54) is 12.2 Å². The highest BCUT2D eigenvalue weighted by Crippen LogP contribution is 2.27. The van der Waals surface area contributed by atoms with E-state index in [2.05, 4.69) is 4.74 Å². The summed E-state index contributed by atoms with van der Waals surface area (Å²) in [5, 5.41) is 19.5. The number of alkyl halides is 2. The molecule has 0 radical (unpaired) electrons. The maximum Gasteiger partial charge on any atom is 0.397 e. The number of rotatable bonds is 5. The van der Waals surface area contributed by atoms with E-state index in [1.54, 1.807) is 12.1 Å². The lowest BCUT2D eigenvalue weighted by molar-refractivity contribution is -0.361. The molecule has 0 heterocycles. The molecule has 8 heteroatoms. The molecule has 0 bridgehead atoms. The molecular formula is C11H7F2I2O4-. The number of phenolic OH excluding ortho intramolecular Hbond substituents is 1. The van der Waals surface area contributed by atoms with E-state index in [-0.39, 0.29) is 5.75 Å². The molecule has 0 aliphatic rings. The van der Waals surface area contributed by atoms with E-state index in [0.29, 0.717) is 12.7 Å². The number of hydrogen-bond donors (Lipinski definition) is 1. The highest BCUT2D eigenvalue weighted by molar-refractivity contribution is 14.1. The zero-order valence-electron chi connectivity index (χ0n) is 9.20. The Morgan fingerprint density at radius 1 is 1.42 bits per heavy atom. The number of carboxylic acids is 1. The predicted octanol–water partition coefficient (Wildman–Crippen LogP) is 1.97. The van der Waals surface area contributed by atoms with Crippen molar-refractivity contribution >= 4 is 57.2 Å². The first-order chi connectivity index (χ1) is 8.74. The maximum atomic E-state index is 12.5. The fraction of sp³-hybridized carbons (Fsp3) is 0.182. The number of carboxylic acid groups (broad SMARTS) is 1. The molecule has 0 amide bonds. The van der Waals surface area contributed by atoms with Crippen molar-refractivity contribution in [2.75, 3.05) is 6.61 Å². The van der Waals surface area contributed by atoms with Crippen LogP contribution < -0.4 is 5.11 Å². The van der Waals surface area contributed by atoms with E-state index < -0.39 is 18.7 Å². The number of ether oxygens (including phenoxy) is 1. The Labute approximate surface area is 134 Å². The number of carbonyl (C=O) groups is 1. The zero-order valence-corrected chi connectivity index (χ0v) is 13.5. The fourth-order valence-corrected chi connectivity index (χ4v) is 2.89. The minimum absolute atomic E-state index is 0.151. The van der Waals surface area contributed by atoms with Gasteiger partial charge >= 0.3 is 6.11 Å². The number of carbonyl (C=O) groups excluding carboxylic acids is 1. The highest BCUT2D eigenvalue weighted by Gasteiger charge is 2.31. The van der Waals surface area contributed by atoms with Gasteiger partial charge < -0.3 is 19.7 Å². The molecular weight excluding hydrogens is 488 g/mol. The van der Waals surface area contributed by atoms with Gasteiger partial charge in [0, 0.05) is 0 Å². The van der Waals surface area contributed by atoms with Crippen molar-refractivity contribution in [3.05, 3.63) is 30.9 Å². The second kappa shape index (κ2) is 6.79. The monoisotopic (exact) mass is 495 g/mol. The summed E-state index contributed by atoms with van der Waals surface area (Å²) < 4.78 is 30.1. The van der Waals surface area contributed by atoms with Crippen LogP contribution in [0.2, 0.25) is 0 Å². The van der Waals surface area contributed by atoms with Gasteiger partial charge in [-0.3, -0.25) is 0 Å². The molecule has 0 aliphatic carbocycles. The second-order valence-corrected chi connectivity index (χ2v) is 5.68. The van der Waals surface area contributed by atoms with Gasteiger partial charge in [-0.2, -0.15) is 8.78 Å². The van der Waals surface area contributed by atoms with Crippen LogP contribution in [-0.2, 0) is 9.53 Å².